The zero-order valence-electron chi connectivity index (χ0n) is 5.62. The Bertz CT molecular complexity index is 139. The Morgan fingerprint density at radius 2 is 1.22 bits per heavy atom. The molecule has 6 heteroatoms. The maximum Gasteiger partial charge on any atom is 1.00 e. The third kappa shape index (κ3) is 4.73. The summed E-state index contributed by atoms with van der Waals surface area (Å²) in [5.41, 5.74) is 0. The van der Waals surface area contributed by atoms with Crippen molar-refractivity contribution in [3.8, 4) is 0 Å². The van der Waals surface area contributed by atoms with Gasteiger partial charge < -0.3 is 11.6 Å². The van der Waals surface area contributed by atoms with Gasteiger partial charge in [0.15, 0.2) is 0 Å². The van der Waals surface area contributed by atoms with Crippen molar-refractivity contribution < 1.29 is 77.4 Å². The van der Waals surface area contributed by atoms with E-state index in [9.17, 15) is 14.4 Å². The first-order valence-electron chi connectivity index (χ1n) is 1.56. The summed E-state index contributed by atoms with van der Waals surface area (Å²) in [7, 11) is 0. The summed E-state index contributed by atoms with van der Waals surface area (Å²) in [4.78, 5) is 28.5. The van der Waals surface area contributed by atoms with Crippen LogP contribution in [0.25, 0.3) is 0 Å². The maximum atomic E-state index is 9.64. The van der Waals surface area contributed by atoms with Gasteiger partial charge in [0.05, 0.1) is 0 Å². The van der Waals surface area contributed by atoms with Crippen molar-refractivity contribution in [1.29, 1.82) is 0 Å². The fraction of sp³-hybridized carbons (Fsp3) is 0. The standard InChI is InChI=1S/C3H2O5.K.H/c4-1(2(5)6)3(7)8;;/h(H,5,6)(H,7,8);;/q;+1;-1. The minimum Gasteiger partial charge on any atom is -1.00 e. The van der Waals surface area contributed by atoms with Crippen LogP contribution in [-0.4, -0.2) is 27.9 Å². The van der Waals surface area contributed by atoms with E-state index in [1.165, 1.54) is 0 Å². The molecule has 0 unspecified atom stereocenters. The predicted molar refractivity (Wildman–Crippen MR) is 21.4 cm³/mol. The Kier molecular flexibility index (Phi) is 6.74. The van der Waals surface area contributed by atoms with Crippen molar-refractivity contribution in [2.24, 2.45) is 0 Å². The summed E-state index contributed by atoms with van der Waals surface area (Å²) >= 11 is 0. The number of carboxylic acid groups (broad SMARTS) is 2. The van der Waals surface area contributed by atoms with Crippen LogP contribution < -0.4 is 51.4 Å². The molecule has 0 aliphatic heterocycles. The van der Waals surface area contributed by atoms with Crippen LogP contribution in [0.3, 0.4) is 0 Å². The quantitative estimate of drug-likeness (QED) is 0.242. The van der Waals surface area contributed by atoms with Gasteiger partial charge in [0, 0.05) is 0 Å². The first-order chi connectivity index (χ1) is 3.55. The van der Waals surface area contributed by atoms with Crippen LogP contribution in [0, 0.1) is 0 Å². The van der Waals surface area contributed by atoms with E-state index in [-0.39, 0.29) is 52.8 Å². The average molecular weight is 158 g/mol. The zero-order chi connectivity index (χ0) is 6.73. The number of carbonyl (C=O) groups is 3. The zero-order valence-corrected chi connectivity index (χ0v) is 7.74. The minimum atomic E-state index is -1.95. The monoisotopic (exact) mass is 158 g/mol. The van der Waals surface area contributed by atoms with Gasteiger partial charge in [-0.25, -0.2) is 9.59 Å². The van der Waals surface area contributed by atoms with Crippen LogP contribution in [0.4, 0.5) is 0 Å². The molecule has 0 heterocycles. The molecule has 0 fully saturated rings. The number of carbonyl (C=O) groups excluding carboxylic acids is 1. The fourth-order valence-electron chi connectivity index (χ4n) is 0.0915. The second-order valence-corrected chi connectivity index (χ2v) is 0.939. The van der Waals surface area contributed by atoms with E-state index in [1.807, 2.05) is 0 Å². The molecule has 9 heavy (non-hydrogen) atoms. The van der Waals surface area contributed by atoms with Crippen LogP contribution in [0.15, 0.2) is 0 Å². The van der Waals surface area contributed by atoms with E-state index in [0.717, 1.165) is 0 Å². The molecule has 0 bridgehead atoms. The van der Waals surface area contributed by atoms with E-state index in [2.05, 4.69) is 0 Å². The molecule has 0 amide bonds. The molecule has 0 saturated carbocycles. The Hall–Kier alpha value is 0.246. The van der Waals surface area contributed by atoms with Crippen molar-refractivity contribution >= 4 is 17.7 Å². The predicted octanol–water partition coefficient (Wildman–Crippen LogP) is -4.16. The van der Waals surface area contributed by atoms with E-state index in [1.54, 1.807) is 0 Å². The van der Waals surface area contributed by atoms with E-state index < -0.39 is 17.7 Å². The molecule has 2 N–H and O–H groups in total. The molecule has 0 saturated heterocycles. The van der Waals surface area contributed by atoms with Crippen molar-refractivity contribution in [2.45, 2.75) is 0 Å². The van der Waals surface area contributed by atoms with Gasteiger partial charge in [0.2, 0.25) is 0 Å². The molecule has 46 valence electrons. The summed E-state index contributed by atoms with van der Waals surface area (Å²) in [5.74, 6) is -5.71. The fourth-order valence-corrected chi connectivity index (χ4v) is 0.0915. The number of aliphatic carboxylic acids is 2. The van der Waals surface area contributed by atoms with Crippen molar-refractivity contribution in [1.82, 2.24) is 0 Å². The van der Waals surface area contributed by atoms with Crippen LogP contribution in [-0.2, 0) is 14.4 Å². The molecule has 0 aromatic rings. The molecular weight excluding hydrogens is 155 g/mol. The first kappa shape index (κ1) is 12.0. The van der Waals surface area contributed by atoms with Crippen LogP contribution in [0.1, 0.15) is 1.43 Å². The van der Waals surface area contributed by atoms with Gasteiger partial charge in [-0.2, -0.15) is 0 Å². The average Bonchev–Trinajstić information content (AvgIpc) is 1.64. The Balaban J connectivity index is -0.000000245. The third-order valence-corrected chi connectivity index (χ3v) is 0.388. The minimum absolute atomic E-state index is 0. The molecule has 0 aromatic heterocycles. The Morgan fingerprint density at radius 3 is 1.22 bits per heavy atom. The molecule has 0 aromatic carbocycles. The Morgan fingerprint density at radius 1 is 1.00 bits per heavy atom. The molecule has 0 aliphatic rings. The molecule has 0 radical (unpaired) electrons. The number of ketones is 1. The molecule has 0 aliphatic carbocycles. The smallest absolute Gasteiger partial charge is 1.00 e. The summed E-state index contributed by atoms with van der Waals surface area (Å²) in [6.45, 7) is 0. The Labute approximate surface area is 93.9 Å². The molecule has 0 rings (SSSR count). The summed E-state index contributed by atoms with van der Waals surface area (Å²) in [6.07, 6.45) is 0. The second-order valence-electron chi connectivity index (χ2n) is 0.939. The number of hydrogen-bond acceptors (Lipinski definition) is 3. The van der Waals surface area contributed by atoms with Crippen LogP contribution in [0.5, 0.6) is 0 Å². The topological polar surface area (TPSA) is 91.7 Å². The van der Waals surface area contributed by atoms with Crippen LogP contribution >= 0.6 is 0 Å². The van der Waals surface area contributed by atoms with Crippen molar-refractivity contribution in [3.63, 3.8) is 0 Å². The van der Waals surface area contributed by atoms with E-state index in [0.29, 0.717) is 0 Å². The largest absolute Gasteiger partial charge is 1.00 e. The normalized spacial score (nSPS) is 7.11. The van der Waals surface area contributed by atoms with Crippen molar-refractivity contribution in [2.75, 3.05) is 0 Å². The van der Waals surface area contributed by atoms with Gasteiger partial charge in [-0.3, -0.25) is 4.79 Å². The molecular formula is C3H3KO5. The second kappa shape index (κ2) is 5.06. The molecule has 0 spiro atoms. The van der Waals surface area contributed by atoms with Crippen molar-refractivity contribution in [3.05, 3.63) is 0 Å². The molecule has 5 nitrogen and oxygen atoms in total. The number of Topliss-reactive ketones (excluding diaryl/α,β-unsaturated/α-hetero) is 1. The summed E-state index contributed by atoms with van der Waals surface area (Å²) in [5, 5.41) is 15.2. The van der Waals surface area contributed by atoms with Gasteiger partial charge in [0.25, 0.3) is 0 Å². The summed E-state index contributed by atoms with van der Waals surface area (Å²) in [6, 6.07) is 0. The van der Waals surface area contributed by atoms with Gasteiger partial charge >= 0.3 is 69.1 Å². The first-order valence-corrected chi connectivity index (χ1v) is 1.56. The SMILES string of the molecule is O=C(O)C(=O)C(=O)O.[H-].[K+]. The van der Waals surface area contributed by atoms with Gasteiger partial charge in [-0.1, -0.05) is 0 Å². The number of hydrogen-bond donors (Lipinski definition) is 2. The van der Waals surface area contributed by atoms with Gasteiger partial charge in [0.1, 0.15) is 0 Å². The summed E-state index contributed by atoms with van der Waals surface area (Å²) < 4.78 is 0. The maximum absolute atomic E-state index is 9.64. The molecule has 0 atom stereocenters. The number of rotatable bonds is 2. The van der Waals surface area contributed by atoms with E-state index in [4.69, 9.17) is 10.2 Å². The van der Waals surface area contributed by atoms with Gasteiger partial charge in [-0.15, -0.1) is 0 Å². The van der Waals surface area contributed by atoms with Gasteiger partial charge in [-0.05, 0) is 0 Å². The third-order valence-electron chi connectivity index (χ3n) is 0.388. The number of carboxylic acids is 2. The van der Waals surface area contributed by atoms with E-state index >= 15 is 0 Å². The van der Waals surface area contributed by atoms with Crippen LogP contribution in [0.2, 0.25) is 0 Å².